The number of ether oxygens (including phenoxy) is 2. The maximum atomic E-state index is 5.60. The van der Waals surface area contributed by atoms with Gasteiger partial charge in [-0.15, -0.1) is 0 Å². The molecule has 0 amide bonds. The molecule has 0 heterocycles. The van der Waals surface area contributed by atoms with Crippen LogP contribution in [-0.2, 0) is 4.74 Å². The summed E-state index contributed by atoms with van der Waals surface area (Å²) in [6.45, 7) is 7.66. The van der Waals surface area contributed by atoms with E-state index in [4.69, 9.17) is 9.47 Å². The second kappa shape index (κ2) is 11.7. The van der Waals surface area contributed by atoms with Crippen molar-refractivity contribution in [3.8, 4) is 5.75 Å². The van der Waals surface area contributed by atoms with Gasteiger partial charge in [0.1, 0.15) is 12.4 Å². The van der Waals surface area contributed by atoms with Crippen LogP contribution in [0, 0.1) is 0 Å². The molecule has 3 nitrogen and oxygen atoms in total. The fourth-order valence-corrected chi connectivity index (χ4v) is 2.07. The fourth-order valence-electron chi connectivity index (χ4n) is 2.07. The predicted molar refractivity (Wildman–Crippen MR) is 84.4 cm³/mol. The summed E-state index contributed by atoms with van der Waals surface area (Å²) < 4.78 is 11.2. The first-order valence-corrected chi connectivity index (χ1v) is 7.85. The van der Waals surface area contributed by atoms with Crippen molar-refractivity contribution in [3.63, 3.8) is 0 Å². The summed E-state index contributed by atoms with van der Waals surface area (Å²) in [7, 11) is 0. The van der Waals surface area contributed by atoms with E-state index in [-0.39, 0.29) is 0 Å². The first-order valence-electron chi connectivity index (χ1n) is 7.85. The Kier molecular flexibility index (Phi) is 9.98. The molecule has 0 fully saturated rings. The highest BCUT2D eigenvalue weighted by molar-refractivity contribution is 5.20. The first kappa shape index (κ1) is 17.0. The number of benzene rings is 1. The van der Waals surface area contributed by atoms with Crippen LogP contribution in [0.5, 0.6) is 5.75 Å². The Labute approximate surface area is 123 Å². The molecule has 1 aromatic rings. The van der Waals surface area contributed by atoms with E-state index in [1.54, 1.807) is 0 Å². The molecular weight excluding hydrogens is 250 g/mol. The number of hydrogen-bond acceptors (Lipinski definition) is 3. The van der Waals surface area contributed by atoms with E-state index in [0.717, 1.165) is 25.3 Å². The van der Waals surface area contributed by atoms with Gasteiger partial charge in [-0.1, -0.05) is 32.0 Å². The van der Waals surface area contributed by atoms with Gasteiger partial charge in [0.25, 0.3) is 0 Å². The van der Waals surface area contributed by atoms with Gasteiger partial charge in [0, 0.05) is 12.6 Å². The molecule has 0 spiro atoms. The summed E-state index contributed by atoms with van der Waals surface area (Å²) in [5.41, 5.74) is 0. The van der Waals surface area contributed by atoms with Crippen LogP contribution >= 0.6 is 0 Å². The van der Waals surface area contributed by atoms with Crippen LogP contribution in [-0.4, -0.2) is 32.4 Å². The van der Waals surface area contributed by atoms with E-state index < -0.39 is 0 Å². The average Bonchev–Trinajstić information content (AvgIpc) is 2.50. The molecule has 1 atom stereocenters. The van der Waals surface area contributed by atoms with Crippen LogP contribution in [0.1, 0.15) is 39.5 Å². The summed E-state index contributed by atoms with van der Waals surface area (Å²) in [6, 6.07) is 10.5. The van der Waals surface area contributed by atoms with Gasteiger partial charge in [-0.25, -0.2) is 0 Å². The molecule has 0 aromatic heterocycles. The van der Waals surface area contributed by atoms with Gasteiger partial charge in [0.15, 0.2) is 0 Å². The Hall–Kier alpha value is -1.06. The highest BCUT2D eigenvalue weighted by Gasteiger charge is 2.03. The Morgan fingerprint density at radius 1 is 1.05 bits per heavy atom. The molecule has 3 heteroatoms. The number of hydrogen-bond donors (Lipinski definition) is 1. The van der Waals surface area contributed by atoms with E-state index in [1.807, 2.05) is 30.3 Å². The van der Waals surface area contributed by atoms with Crippen LogP contribution in [0.4, 0.5) is 0 Å². The van der Waals surface area contributed by atoms with Gasteiger partial charge in [0.05, 0.1) is 6.61 Å². The number of rotatable bonds is 12. The minimum absolute atomic E-state index is 0.620. The third-order valence-corrected chi connectivity index (χ3v) is 3.26. The van der Waals surface area contributed by atoms with Gasteiger partial charge in [-0.05, 0) is 44.4 Å². The van der Waals surface area contributed by atoms with Crippen LogP contribution in [0.25, 0.3) is 0 Å². The standard InChI is InChI=1S/C17H29NO2/c1-3-12-18-16(4-2)9-8-13-19-14-15-20-17-10-6-5-7-11-17/h5-7,10-11,16,18H,3-4,8-9,12-15H2,1-2H3. The molecule has 114 valence electrons. The smallest absolute Gasteiger partial charge is 0.119 e. The summed E-state index contributed by atoms with van der Waals surface area (Å²) in [5, 5.41) is 3.56. The fraction of sp³-hybridized carbons (Fsp3) is 0.647. The summed E-state index contributed by atoms with van der Waals surface area (Å²) >= 11 is 0. The van der Waals surface area contributed by atoms with Crippen LogP contribution in [0.3, 0.4) is 0 Å². The lowest BCUT2D eigenvalue weighted by Crippen LogP contribution is -2.29. The third kappa shape index (κ3) is 8.18. The lowest BCUT2D eigenvalue weighted by molar-refractivity contribution is 0.0958. The van der Waals surface area contributed by atoms with E-state index in [1.165, 1.54) is 19.3 Å². The normalized spacial score (nSPS) is 12.3. The number of para-hydroxylation sites is 1. The van der Waals surface area contributed by atoms with E-state index in [0.29, 0.717) is 19.3 Å². The zero-order valence-electron chi connectivity index (χ0n) is 12.9. The molecular formula is C17H29NO2. The molecule has 1 N–H and O–H groups in total. The predicted octanol–water partition coefficient (Wildman–Crippen LogP) is 3.64. The van der Waals surface area contributed by atoms with Gasteiger partial charge >= 0.3 is 0 Å². The number of nitrogens with one attached hydrogen (secondary N) is 1. The molecule has 1 unspecified atom stereocenters. The zero-order valence-corrected chi connectivity index (χ0v) is 12.9. The van der Waals surface area contributed by atoms with Gasteiger partial charge in [0.2, 0.25) is 0 Å². The Morgan fingerprint density at radius 3 is 2.55 bits per heavy atom. The quantitative estimate of drug-likeness (QED) is 0.593. The van der Waals surface area contributed by atoms with Crippen LogP contribution in [0.2, 0.25) is 0 Å². The van der Waals surface area contributed by atoms with Crippen molar-refractivity contribution in [2.45, 2.75) is 45.6 Å². The maximum absolute atomic E-state index is 5.60. The van der Waals surface area contributed by atoms with Crippen molar-refractivity contribution in [2.75, 3.05) is 26.4 Å². The maximum Gasteiger partial charge on any atom is 0.119 e. The van der Waals surface area contributed by atoms with Crippen LogP contribution < -0.4 is 10.1 Å². The van der Waals surface area contributed by atoms with Gasteiger partial charge in [-0.3, -0.25) is 0 Å². The third-order valence-electron chi connectivity index (χ3n) is 3.26. The van der Waals surface area contributed by atoms with Crippen molar-refractivity contribution >= 4 is 0 Å². The van der Waals surface area contributed by atoms with Crippen molar-refractivity contribution in [1.82, 2.24) is 5.32 Å². The second-order valence-electron chi connectivity index (χ2n) is 4.98. The van der Waals surface area contributed by atoms with E-state index in [9.17, 15) is 0 Å². The average molecular weight is 279 g/mol. The Balaban J connectivity index is 1.94. The molecule has 0 saturated heterocycles. The lowest BCUT2D eigenvalue weighted by atomic mass is 10.1. The first-order chi connectivity index (χ1) is 9.86. The Bertz CT molecular complexity index is 316. The van der Waals surface area contributed by atoms with E-state index in [2.05, 4.69) is 19.2 Å². The highest BCUT2D eigenvalue weighted by Crippen LogP contribution is 2.07. The Morgan fingerprint density at radius 2 is 1.85 bits per heavy atom. The molecule has 0 aliphatic rings. The minimum Gasteiger partial charge on any atom is -0.491 e. The second-order valence-corrected chi connectivity index (χ2v) is 4.98. The highest BCUT2D eigenvalue weighted by atomic mass is 16.5. The molecule has 20 heavy (non-hydrogen) atoms. The summed E-state index contributed by atoms with van der Waals surface area (Å²) in [6.07, 6.45) is 4.69. The molecule has 0 saturated carbocycles. The van der Waals surface area contributed by atoms with Gasteiger partial charge < -0.3 is 14.8 Å². The van der Waals surface area contributed by atoms with Crippen molar-refractivity contribution < 1.29 is 9.47 Å². The van der Waals surface area contributed by atoms with Crippen LogP contribution in [0.15, 0.2) is 30.3 Å². The molecule has 0 bridgehead atoms. The van der Waals surface area contributed by atoms with Gasteiger partial charge in [-0.2, -0.15) is 0 Å². The SMILES string of the molecule is CCCNC(CC)CCCOCCOc1ccccc1. The molecule has 0 radical (unpaired) electrons. The van der Waals surface area contributed by atoms with Crippen molar-refractivity contribution in [2.24, 2.45) is 0 Å². The molecule has 0 aliphatic heterocycles. The summed E-state index contributed by atoms with van der Waals surface area (Å²) in [4.78, 5) is 0. The molecule has 1 rings (SSSR count). The lowest BCUT2D eigenvalue weighted by Gasteiger charge is -2.16. The molecule has 1 aromatic carbocycles. The van der Waals surface area contributed by atoms with Crippen molar-refractivity contribution in [3.05, 3.63) is 30.3 Å². The van der Waals surface area contributed by atoms with Crippen molar-refractivity contribution in [1.29, 1.82) is 0 Å². The monoisotopic (exact) mass is 279 g/mol. The van der Waals surface area contributed by atoms with E-state index >= 15 is 0 Å². The largest absolute Gasteiger partial charge is 0.491 e. The topological polar surface area (TPSA) is 30.5 Å². The zero-order chi connectivity index (χ0) is 14.5. The minimum atomic E-state index is 0.620. The summed E-state index contributed by atoms with van der Waals surface area (Å²) in [5.74, 6) is 0.908. The molecule has 0 aliphatic carbocycles.